The zero-order valence-corrected chi connectivity index (χ0v) is 9.86. The molecule has 0 bridgehead atoms. The average molecular weight is 209 g/mol. The van der Waals surface area contributed by atoms with Crippen molar-refractivity contribution in [3.05, 3.63) is 22.4 Å². The number of rotatable bonds is 3. The molecule has 1 heterocycles. The molecule has 0 aliphatic heterocycles. The van der Waals surface area contributed by atoms with Crippen LogP contribution in [-0.2, 0) is 6.54 Å². The lowest BCUT2D eigenvalue weighted by Crippen LogP contribution is -2.37. The molecule has 0 saturated heterocycles. The minimum absolute atomic E-state index is 0.496. The summed E-state index contributed by atoms with van der Waals surface area (Å²) in [5.41, 5.74) is 1.92. The van der Waals surface area contributed by atoms with Gasteiger partial charge in [0.15, 0.2) is 0 Å². The molecule has 1 nitrogen and oxygen atoms in total. The molecule has 1 aromatic heterocycles. The Labute approximate surface area is 90.5 Å². The first-order valence-electron chi connectivity index (χ1n) is 5.43. The first-order chi connectivity index (χ1) is 6.68. The Bertz CT molecular complexity index is 277. The van der Waals surface area contributed by atoms with Gasteiger partial charge in [-0.1, -0.05) is 20.3 Å². The van der Waals surface area contributed by atoms with E-state index < -0.39 is 0 Å². The summed E-state index contributed by atoms with van der Waals surface area (Å²) in [5, 5.41) is 8.06. The van der Waals surface area contributed by atoms with E-state index in [1.807, 2.05) is 0 Å². The molecule has 1 fully saturated rings. The second-order valence-electron chi connectivity index (χ2n) is 4.95. The molecule has 2 heteroatoms. The van der Waals surface area contributed by atoms with E-state index >= 15 is 0 Å². The largest absolute Gasteiger partial charge is 0.309 e. The van der Waals surface area contributed by atoms with E-state index in [0.717, 1.165) is 6.54 Å². The molecule has 2 rings (SSSR count). The van der Waals surface area contributed by atoms with Crippen LogP contribution in [0.15, 0.2) is 16.8 Å². The lowest BCUT2D eigenvalue weighted by Gasteiger charge is -2.27. The van der Waals surface area contributed by atoms with Gasteiger partial charge in [0.25, 0.3) is 0 Å². The second kappa shape index (κ2) is 4.03. The molecule has 0 amide bonds. The Hall–Kier alpha value is -0.340. The van der Waals surface area contributed by atoms with Crippen molar-refractivity contribution in [1.82, 2.24) is 5.32 Å². The molecule has 1 saturated carbocycles. The van der Waals surface area contributed by atoms with Crippen LogP contribution in [0.4, 0.5) is 0 Å². The fourth-order valence-electron chi connectivity index (χ4n) is 2.34. The SMILES string of the molecule is CC1(C)CCCC1NCc1ccsc1. The van der Waals surface area contributed by atoms with Gasteiger partial charge in [-0.3, -0.25) is 0 Å². The van der Waals surface area contributed by atoms with Gasteiger partial charge in [-0.25, -0.2) is 0 Å². The van der Waals surface area contributed by atoms with Gasteiger partial charge in [0.05, 0.1) is 0 Å². The van der Waals surface area contributed by atoms with Crippen molar-refractivity contribution in [2.45, 2.75) is 45.7 Å². The highest BCUT2D eigenvalue weighted by Gasteiger charge is 2.33. The summed E-state index contributed by atoms with van der Waals surface area (Å²) in [6.45, 7) is 5.80. The Balaban J connectivity index is 1.86. The number of hydrogen-bond acceptors (Lipinski definition) is 2. The van der Waals surface area contributed by atoms with E-state index in [2.05, 4.69) is 36.0 Å². The highest BCUT2D eigenvalue weighted by molar-refractivity contribution is 7.07. The van der Waals surface area contributed by atoms with Crippen LogP contribution >= 0.6 is 11.3 Å². The molecular formula is C12H19NS. The maximum atomic E-state index is 3.68. The fourth-order valence-corrected chi connectivity index (χ4v) is 3.01. The van der Waals surface area contributed by atoms with E-state index in [-0.39, 0.29) is 0 Å². The van der Waals surface area contributed by atoms with Crippen molar-refractivity contribution in [1.29, 1.82) is 0 Å². The van der Waals surface area contributed by atoms with Crippen molar-refractivity contribution >= 4 is 11.3 Å². The van der Waals surface area contributed by atoms with E-state index in [4.69, 9.17) is 0 Å². The molecule has 1 aliphatic rings. The van der Waals surface area contributed by atoms with Crippen molar-refractivity contribution in [3.8, 4) is 0 Å². The van der Waals surface area contributed by atoms with Gasteiger partial charge in [0.2, 0.25) is 0 Å². The average Bonchev–Trinajstić information content (AvgIpc) is 2.71. The van der Waals surface area contributed by atoms with Crippen LogP contribution < -0.4 is 5.32 Å². The summed E-state index contributed by atoms with van der Waals surface area (Å²) in [6.07, 6.45) is 4.10. The molecule has 1 N–H and O–H groups in total. The summed E-state index contributed by atoms with van der Waals surface area (Å²) < 4.78 is 0. The van der Waals surface area contributed by atoms with Crippen molar-refractivity contribution in [2.24, 2.45) is 5.41 Å². The van der Waals surface area contributed by atoms with Crippen LogP contribution in [0.5, 0.6) is 0 Å². The molecule has 1 unspecified atom stereocenters. The van der Waals surface area contributed by atoms with E-state index in [0.29, 0.717) is 11.5 Å². The Morgan fingerprint density at radius 1 is 1.57 bits per heavy atom. The number of nitrogens with one attached hydrogen (secondary N) is 1. The van der Waals surface area contributed by atoms with Gasteiger partial charge >= 0.3 is 0 Å². The van der Waals surface area contributed by atoms with Gasteiger partial charge in [-0.2, -0.15) is 11.3 Å². The smallest absolute Gasteiger partial charge is 0.0216 e. The molecule has 1 aromatic rings. The van der Waals surface area contributed by atoms with E-state index in [9.17, 15) is 0 Å². The van der Waals surface area contributed by atoms with Crippen LogP contribution in [0.1, 0.15) is 38.7 Å². The van der Waals surface area contributed by atoms with E-state index in [1.54, 1.807) is 11.3 Å². The fraction of sp³-hybridized carbons (Fsp3) is 0.667. The van der Waals surface area contributed by atoms with Gasteiger partial charge in [0.1, 0.15) is 0 Å². The Morgan fingerprint density at radius 2 is 2.43 bits per heavy atom. The van der Waals surface area contributed by atoms with Crippen molar-refractivity contribution in [2.75, 3.05) is 0 Å². The first-order valence-corrected chi connectivity index (χ1v) is 6.37. The molecule has 78 valence electrons. The number of hydrogen-bond donors (Lipinski definition) is 1. The molecular weight excluding hydrogens is 190 g/mol. The van der Waals surface area contributed by atoms with Crippen LogP contribution in [-0.4, -0.2) is 6.04 Å². The number of thiophene rings is 1. The maximum Gasteiger partial charge on any atom is 0.0216 e. The van der Waals surface area contributed by atoms with Crippen LogP contribution in [0, 0.1) is 5.41 Å². The summed E-state index contributed by atoms with van der Waals surface area (Å²) in [6, 6.07) is 2.92. The molecule has 0 spiro atoms. The third-order valence-electron chi connectivity index (χ3n) is 3.39. The van der Waals surface area contributed by atoms with Gasteiger partial charge in [-0.15, -0.1) is 0 Å². The quantitative estimate of drug-likeness (QED) is 0.804. The van der Waals surface area contributed by atoms with E-state index in [1.165, 1.54) is 24.8 Å². The first kappa shape index (κ1) is 10.2. The second-order valence-corrected chi connectivity index (χ2v) is 5.73. The highest BCUT2D eigenvalue weighted by atomic mass is 32.1. The predicted molar refractivity (Wildman–Crippen MR) is 62.6 cm³/mol. The molecule has 0 aromatic carbocycles. The van der Waals surface area contributed by atoms with Crippen molar-refractivity contribution in [3.63, 3.8) is 0 Å². The third kappa shape index (κ3) is 2.18. The zero-order chi connectivity index (χ0) is 10.0. The van der Waals surface area contributed by atoms with Gasteiger partial charge < -0.3 is 5.32 Å². The molecule has 0 radical (unpaired) electrons. The molecule has 1 atom stereocenters. The topological polar surface area (TPSA) is 12.0 Å². The summed E-state index contributed by atoms with van der Waals surface area (Å²) in [4.78, 5) is 0. The lowest BCUT2D eigenvalue weighted by molar-refractivity contribution is 0.282. The maximum absolute atomic E-state index is 3.68. The Kier molecular flexibility index (Phi) is 2.93. The standard InChI is InChI=1S/C12H19NS/c1-12(2)6-3-4-11(12)13-8-10-5-7-14-9-10/h5,7,9,11,13H,3-4,6,8H2,1-2H3. The molecule has 14 heavy (non-hydrogen) atoms. The monoisotopic (exact) mass is 209 g/mol. The van der Waals surface area contributed by atoms with Crippen LogP contribution in [0.2, 0.25) is 0 Å². The third-order valence-corrected chi connectivity index (χ3v) is 4.12. The summed E-state index contributed by atoms with van der Waals surface area (Å²) >= 11 is 1.78. The summed E-state index contributed by atoms with van der Waals surface area (Å²) in [5.74, 6) is 0. The van der Waals surface area contributed by atoms with Crippen LogP contribution in [0.3, 0.4) is 0 Å². The Morgan fingerprint density at radius 3 is 3.00 bits per heavy atom. The zero-order valence-electron chi connectivity index (χ0n) is 9.05. The summed E-state index contributed by atoms with van der Waals surface area (Å²) in [7, 11) is 0. The molecule has 1 aliphatic carbocycles. The van der Waals surface area contributed by atoms with Crippen LogP contribution in [0.25, 0.3) is 0 Å². The minimum atomic E-state index is 0.496. The lowest BCUT2D eigenvalue weighted by atomic mass is 9.87. The van der Waals surface area contributed by atoms with Gasteiger partial charge in [-0.05, 0) is 40.6 Å². The predicted octanol–water partition coefficient (Wildman–Crippen LogP) is 3.42. The van der Waals surface area contributed by atoms with Gasteiger partial charge in [0, 0.05) is 12.6 Å². The normalized spacial score (nSPS) is 25.4. The highest BCUT2D eigenvalue weighted by Crippen LogP contribution is 2.37. The van der Waals surface area contributed by atoms with Crippen molar-refractivity contribution < 1.29 is 0 Å². The minimum Gasteiger partial charge on any atom is -0.309 e.